The number of carbonyl (C=O) groups is 1. The molecule has 0 unspecified atom stereocenters. The molecule has 0 bridgehead atoms. The fraction of sp³-hybridized carbons (Fsp3) is 0.571. The molecule has 1 heterocycles. The Kier molecular flexibility index (Phi) is 6.34. The zero-order valence-corrected chi connectivity index (χ0v) is 17.4. The van der Waals surface area contributed by atoms with Gasteiger partial charge in [-0.1, -0.05) is 71.9 Å². The summed E-state index contributed by atoms with van der Waals surface area (Å²) in [5, 5.41) is 0. The smallest absolute Gasteiger partial charge is 0.421 e. The second-order valence-corrected chi connectivity index (χ2v) is 13.5. The highest BCUT2D eigenvalue weighted by atomic mass is 28.3. The van der Waals surface area contributed by atoms with E-state index < -0.39 is 8.07 Å². The number of nitrogens with zero attached hydrogens (tertiary/aromatic N) is 1. The van der Waals surface area contributed by atoms with Crippen molar-refractivity contribution in [2.75, 3.05) is 6.61 Å². The van der Waals surface area contributed by atoms with Crippen molar-refractivity contribution in [1.29, 1.82) is 0 Å². The van der Waals surface area contributed by atoms with Crippen LogP contribution in [0.15, 0.2) is 30.3 Å². The van der Waals surface area contributed by atoms with Crippen LogP contribution in [0.5, 0.6) is 0 Å². The predicted octanol–water partition coefficient (Wildman–Crippen LogP) is 5.23. The van der Waals surface area contributed by atoms with Crippen LogP contribution >= 0.6 is 0 Å². The van der Waals surface area contributed by atoms with E-state index in [0.717, 1.165) is 6.42 Å². The molecule has 136 valence electrons. The molecule has 1 aliphatic rings. The van der Waals surface area contributed by atoms with E-state index in [0.29, 0.717) is 23.2 Å². The molecule has 0 saturated carbocycles. The Balaban J connectivity index is 2.29. The molecular formula is C21H31NO2Si. The van der Waals surface area contributed by atoms with Crippen molar-refractivity contribution in [3.05, 3.63) is 35.9 Å². The van der Waals surface area contributed by atoms with Crippen LogP contribution in [-0.4, -0.2) is 31.7 Å². The van der Waals surface area contributed by atoms with Crippen LogP contribution in [0.1, 0.15) is 47.1 Å². The summed E-state index contributed by atoms with van der Waals surface area (Å²) in [6, 6.07) is 13.5. The molecule has 1 aliphatic heterocycles. The van der Waals surface area contributed by atoms with Gasteiger partial charge in [-0.05, 0) is 28.6 Å². The fourth-order valence-corrected chi connectivity index (χ4v) is 9.40. The lowest BCUT2D eigenvalue weighted by Gasteiger charge is -2.38. The van der Waals surface area contributed by atoms with E-state index in [1.807, 2.05) is 18.2 Å². The summed E-state index contributed by atoms with van der Waals surface area (Å²) in [6.07, 6.45) is 0.480. The van der Waals surface area contributed by atoms with Crippen molar-refractivity contribution in [3.63, 3.8) is 0 Å². The molecule has 0 N–H and O–H groups in total. The Morgan fingerprint density at radius 2 is 1.64 bits per heavy atom. The Morgan fingerprint density at radius 3 is 2.16 bits per heavy atom. The quantitative estimate of drug-likeness (QED) is 0.533. The van der Waals surface area contributed by atoms with Crippen molar-refractivity contribution in [1.82, 2.24) is 4.90 Å². The van der Waals surface area contributed by atoms with Crippen LogP contribution in [-0.2, 0) is 11.2 Å². The van der Waals surface area contributed by atoms with Gasteiger partial charge >= 0.3 is 6.09 Å². The molecule has 1 amide bonds. The van der Waals surface area contributed by atoms with Gasteiger partial charge in [-0.25, -0.2) is 9.69 Å². The monoisotopic (exact) mass is 357 g/mol. The first-order valence-electron chi connectivity index (χ1n) is 9.31. The molecule has 1 saturated heterocycles. The Morgan fingerprint density at radius 1 is 1.08 bits per heavy atom. The third-order valence-electron chi connectivity index (χ3n) is 5.53. The van der Waals surface area contributed by atoms with Gasteiger partial charge in [0.2, 0.25) is 0 Å². The van der Waals surface area contributed by atoms with Gasteiger partial charge in [-0.3, -0.25) is 0 Å². The van der Waals surface area contributed by atoms with E-state index in [2.05, 4.69) is 65.3 Å². The van der Waals surface area contributed by atoms with E-state index >= 15 is 0 Å². The van der Waals surface area contributed by atoms with Gasteiger partial charge in [0.1, 0.15) is 14.7 Å². The summed E-state index contributed by atoms with van der Waals surface area (Å²) in [5.74, 6) is 0. The first kappa shape index (κ1) is 19.6. The molecule has 1 aromatic rings. The summed E-state index contributed by atoms with van der Waals surface area (Å²) < 4.78 is 5.30. The molecule has 2 rings (SSSR count). The maximum Gasteiger partial charge on any atom is 0.421 e. The number of carbonyl (C=O) groups excluding carboxylic acids is 1. The molecule has 1 fully saturated rings. The van der Waals surface area contributed by atoms with Gasteiger partial charge in [-0.2, -0.15) is 0 Å². The second-order valence-electron chi connectivity index (χ2n) is 7.92. The number of hydrogen-bond acceptors (Lipinski definition) is 2. The van der Waals surface area contributed by atoms with Crippen molar-refractivity contribution in [3.8, 4) is 11.6 Å². The number of ether oxygens (including phenoxy) is 1. The van der Waals surface area contributed by atoms with Crippen LogP contribution in [0, 0.1) is 11.6 Å². The third-order valence-corrected chi connectivity index (χ3v) is 11.8. The van der Waals surface area contributed by atoms with Gasteiger partial charge in [0.05, 0.1) is 6.04 Å². The molecular weight excluding hydrogens is 326 g/mol. The minimum atomic E-state index is -1.86. The molecule has 0 spiro atoms. The van der Waals surface area contributed by atoms with Crippen molar-refractivity contribution < 1.29 is 9.53 Å². The Hall–Kier alpha value is -1.73. The van der Waals surface area contributed by atoms with Gasteiger partial charge in [0.25, 0.3) is 0 Å². The lowest BCUT2D eigenvalue weighted by atomic mass is 10.1. The van der Waals surface area contributed by atoms with Gasteiger partial charge in [-0.15, -0.1) is 5.54 Å². The first-order valence-corrected chi connectivity index (χ1v) is 11.5. The predicted molar refractivity (Wildman–Crippen MR) is 106 cm³/mol. The number of amides is 1. The molecule has 4 heteroatoms. The number of cyclic esters (lactones) is 1. The lowest BCUT2D eigenvalue weighted by Crippen LogP contribution is -2.44. The minimum Gasteiger partial charge on any atom is -0.446 e. The van der Waals surface area contributed by atoms with E-state index in [4.69, 9.17) is 4.74 Å². The topological polar surface area (TPSA) is 29.5 Å². The molecule has 3 nitrogen and oxygen atoms in total. The number of hydrogen-bond donors (Lipinski definition) is 0. The molecule has 1 aromatic carbocycles. The highest BCUT2D eigenvalue weighted by Gasteiger charge is 2.42. The van der Waals surface area contributed by atoms with E-state index in [-0.39, 0.29) is 12.1 Å². The summed E-state index contributed by atoms with van der Waals surface area (Å²) >= 11 is 0. The fourth-order valence-electron chi connectivity index (χ4n) is 4.22. The van der Waals surface area contributed by atoms with Gasteiger partial charge < -0.3 is 4.74 Å². The molecule has 0 aliphatic carbocycles. The van der Waals surface area contributed by atoms with E-state index in [1.165, 1.54) is 5.56 Å². The van der Waals surface area contributed by atoms with Crippen LogP contribution < -0.4 is 0 Å². The van der Waals surface area contributed by atoms with E-state index in [9.17, 15) is 4.79 Å². The lowest BCUT2D eigenvalue weighted by molar-refractivity contribution is 0.167. The van der Waals surface area contributed by atoms with Gasteiger partial charge in [0, 0.05) is 6.04 Å². The zero-order valence-electron chi connectivity index (χ0n) is 16.4. The Bertz CT molecular complexity index is 621. The summed E-state index contributed by atoms with van der Waals surface area (Å²) in [4.78, 5) is 13.9. The van der Waals surface area contributed by atoms with Crippen LogP contribution in [0.2, 0.25) is 16.6 Å². The molecule has 1 atom stereocenters. The maximum atomic E-state index is 12.2. The molecule has 0 radical (unpaired) electrons. The summed E-state index contributed by atoms with van der Waals surface area (Å²) in [5.41, 5.74) is 6.48. The second kappa shape index (κ2) is 8.10. The average Bonchev–Trinajstić information content (AvgIpc) is 2.88. The average molecular weight is 358 g/mol. The van der Waals surface area contributed by atoms with Crippen LogP contribution in [0.3, 0.4) is 0 Å². The minimum absolute atomic E-state index is 0.000543. The Labute approximate surface area is 153 Å². The summed E-state index contributed by atoms with van der Waals surface area (Å²) in [7, 11) is -1.86. The van der Waals surface area contributed by atoms with Gasteiger partial charge in [0.15, 0.2) is 0 Å². The number of rotatable bonds is 5. The highest BCUT2D eigenvalue weighted by Crippen LogP contribution is 2.40. The van der Waals surface area contributed by atoms with E-state index in [1.54, 1.807) is 4.90 Å². The molecule has 0 aromatic heterocycles. The zero-order chi connectivity index (χ0) is 18.6. The first-order chi connectivity index (χ1) is 11.8. The standard InChI is InChI=1S/C21H31NO2Si/c1-16(2)25(17(3)4,18(5)6)13-12-22-20(15-24-21(22)23)14-19-10-8-7-9-11-19/h7-11,16-18,20H,14-15H2,1-6H3/t20-/m1/s1. The maximum absolute atomic E-state index is 12.2. The highest BCUT2D eigenvalue weighted by molar-refractivity contribution is 6.90. The number of benzene rings is 1. The largest absolute Gasteiger partial charge is 0.446 e. The third kappa shape index (κ3) is 4.09. The van der Waals surface area contributed by atoms with Crippen molar-refractivity contribution >= 4 is 14.2 Å². The normalized spacial score (nSPS) is 17.9. The molecule has 25 heavy (non-hydrogen) atoms. The van der Waals surface area contributed by atoms with Crippen LogP contribution in [0.4, 0.5) is 4.79 Å². The van der Waals surface area contributed by atoms with Crippen molar-refractivity contribution in [2.45, 2.75) is 70.6 Å². The van der Waals surface area contributed by atoms with Crippen LogP contribution in [0.25, 0.3) is 0 Å². The SMILES string of the molecule is CC(C)[Si](C#CN1C(=O)OC[C@H]1Cc1ccccc1)(C(C)C)C(C)C. The summed E-state index contributed by atoms with van der Waals surface area (Å²) in [6.45, 7) is 14.1. The van der Waals surface area contributed by atoms with Crippen molar-refractivity contribution in [2.24, 2.45) is 0 Å².